The molecule has 0 unspecified atom stereocenters. The lowest BCUT2D eigenvalue weighted by atomic mass is 10.3. The average Bonchev–Trinajstić information content (AvgIpc) is 2.55. The monoisotopic (exact) mass is 459 g/mol. The minimum Gasteiger partial charge on any atom is -0.378 e. The Morgan fingerprint density at radius 2 is 2.04 bits per heavy atom. The molecular formula is C14H21F3IN5O. The van der Waals surface area contributed by atoms with E-state index >= 15 is 0 Å². The molecular weight excluding hydrogens is 438 g/mol. The van der Waals surface area contributed by atoms with E-state index in [1.165, 1.54) is 6.07 Å². The van der Waals surface area contributed by atoms with Gasteiger partial charge in [-0.1, -0.05) is 0 Å². The smallest absolute Gasteiger partial charge is 0.378 e. The van der Waals surface area contributed by atoms with Gasteiger partial charge in [-0.25, -0.2) is 4.98 Å². The van der Waals surface area contributed by atoms with Gasteiger partial charge in [0.05, 0.1) is 18.8 Å². The maximum Gasteiger partial charge on any atom is 0.417 e. The van der Waals surface area contributed by atoms with Gasteiger partial charge in [0.15, 0.2) is 5.96 Å². The van der Waals surface area contributed by atoms with E-state index in [2.05, 4.69) is 15.3 Å². The number of rotatable bonds is 5. The van der Waals surface area contributed by atoms with Gasteiger partial charge in [0.1, 0.15) is 5.82 Å². The lowest BCUT2D eigenvalue weighted by molar-refractivity contribution is -0.137. The number of nitrogens with one attached hydrogen (secondary N) is 1. The minimum absolute atomic E-state index is 0. The van der Waals surface area contributed by atoms with Gasteiger partial charge in [-0.15, -0.1) is 24.0 Å². The number of hydrogen-bond donors (Lipinski definition) is 2. The van der Waals surface area contributed by atoms with Crippen LogP contribution in [0.2, 0.25) is 0 Å². The van der Waals surface area contributed by atoms with Gasteiger partial charge in [0, 0.05) is 32.4 Å². The van der Waals surface area contributed by atoms with Crippen LogP contribution in [0.15, 0.2) is 23.3 Å². The third-order valence-electron chi connectivity index (χ3n) is 3.34. The molecule has 0 saturated carbocycles. The van der Waals surface area contributed by atoms with Crippen LogP contribution in [0.1, 0.15) is 12.0 Å². The molecule has 1 aromatic rings. The lowest BCUT2D eigenvalue weighted by Gasteiger charge is -2.27. The molecule has 1 saturated heterocycles. The molecule has 1 aromatic heterocycles. The fourth-order valence-corrected chi connectivity index (χ4v) is 2.05. The summed E-state index contributed by atoms with van der Waals surface area (Å²) >= 11 is 0. The zero-order valence-electron chi connectivity index (χ0n) is 13.1. The molecule has 1 aliphatic heterocycles. The highest BCUT2D eigenvalue weighted by molar-refractivity contribution is 14.0. The van der Waals surface area contributed by atoms with Crippen LogP contribution in [-0.4, -0.2) is 55.2 Å². The first-order valence-electron chi connectivity index (χ1n) is 7.36. The van der Waals surface area contributed by atoms with E-state index in [1.807, 2.05) is 4.90 Å². The molecule has 10 heteroatoms. The first kappa shape index (κ1) is 20.7. The first-order chi connectivity index (χ1) is 11.0. The second-order valence-corrected chi connectivity index (χ2v) is 5.05. The van der Waals surface area contributed by atoms with Crippen molar-refractivity contribution in [1.82, 2.24) is 9.88 Å². The van der Waals surface area contributed by atoms with E-state index in [1.54, 1.807) is 0 Å². The van der Waals surface area contributed by atoms with Gasteiger partial charge in [-0.2, -0.15) is 13.2 Å². The summed E-state index contributed by atoms with van der Waals surface area (Å²) in [4.78, 5) is 9.99. The Morgan fingerprint density at radius 3 is 2.62 bits per heavy atom. The van der Waals surface area contributed by atoms with E-state index in [9.17, 15) is 13.2 Å². The maximum atomic E-state index is 12.4. The number of aromatic nitrogens is 1. The van der Waals surface area contributed by atoms with Crippen molar-refractivity contribution in [2.75, 3.05) is 44.7 Å². The molecule has 0 aromatic carbocycles. The maximum absolute atomic E-state index is 12.4. The van der Waals surface area contributed by atoms with Crippen molar-refractivity contribution in [3.8, 4) is 0 Å². The van der Waals surface area contributed by atoms with Gasteiger partial charge in [0.2, 0.25) is 0 Å². The molecule has 1 aliphatic rings. The second kappa shape index (κ2) is 9.87. The van der Waals surface area contributed by atoms with E-state index < -0.39 is 11.7 Å². The summed E-state index contributed by atoms with van der Waals surface area (Å²) in [6.07, 6.45) is -2.85. The zero-order valence-corrected chi connectivity index (χ0v) is 15.4. The van der Waals surface area contributed by atoms with Gasteiger partial charge >= 0.3 is 6.18 Å². The van der Waals surface area contributed by atoms with Crippen LogP contribution in [0.25, 0.3) is 0 Å². The van der Waals surface area contributed by atoms with Crippen LogP contribution < -0.4 is 11.1 Å². The number of hydrogen-bond acceptors (Lipinski definition) is 4. The number of halogens is 4. The predicted octanol–water partition coefficient (Wildman–Crippen LogP) is 2.17. The Morgan fingerprint density at radius 1 is 1.33 bits per heavy atom. The Balaban J connectivity index is 0.00000288. The zero-order chi connectivity index (χ0) is 16.7. The minimum atomic E-state index is -4.36. The largest absolute Gasteiger partial charge is 0.417 e. The SMILES string of the molecule is I.NC(=NCCCNc1ccc(C(F)(F)F)cn1)N1CCOCC1. The van der Waals surface area contributed by atoms with Crippen molar-refractivity contribution in [2.45, 2.75) is 12.6 Å². The van der Waals surface area contributed by atoms with Crippen LogP contribution >= 0.6 is 24.0 Å². The fourth-order valence-electron chi connectivity index (χ4n) is 2.05. The number of anilines is 1. The molecule has 0 aliphatic carbocycles. The Kier molecular flexibility index (Phi) is 8.53. The van der Waals surface area contributed by atoms with Gasteiger partial charge in [-0.05, 0) is 18.6 Å². The number of guanidine groups is 1. The molecule has 0 bridgehead atoms. The van der Waals surface area contributed by atoms with Crippen molar-refractivity contribution in [3.63, 3.8) is 0 Å². The summed E-state index contributed by atoms with van der Waals surface area (Å²) in [6.45, 7) is 3.87. The average molecular weight is 459 g/mol. The second-order valence-electron chi connectivity index (χ2n) is 5.05. The van der Waals surface area contributed by atoms with Crippen LogP contribution in [0, 0.1) is 0 Å². The van der Waals surface area contributed by atoms with Crippen LogP contribution in [0.5, 0.6) is 0 Å². The molecule has 136 valence electrons. The molecule has 0 amide bonds. The van der Waals surface area contributed by atoms with Crippen molar-refractivity contribution in [2.24, 2.45) is 10.7 Å². The summed E-state index contributed by atoms with van der Waals surface area (Å²) in [7, 11) is 0. The fraction of sp³-hybridized carbons (Fsp3) is 0.571. The number of aliphatic imine (C=N–C) groups is 1. The van der Waals surface area contributed by atoms with E-state index in [0.717, 1.165) is 25.4 Å². The van der Waals surface area contributed by atoms with Crippen LogP contribution in [-0.2, 0) is 10.9 Å². The van der Waals surface area contributed by atoms with Gasteiger partial charge in [-0.3, -0.25) is 4.99 Å². The lowest BCUT2D eigenvalue weighted by Crippen LogP contribution is -2.44. The Labute approximate surface area is 155 Å². The summed E-state index contributed by atoms with van der Waals surface area (Å²) in [5.41, 5.74) is 5.12. The quantitative estimate of drug-likeness (QED) is 0.306. The number of ether oxygens (including phenoxy) is 1. The first-order valence-corrected chi connectivity index (χ1v) is 7.36. The standard InChI is InChI=1S/C14H20F3N5O.HI/c15-14(16,17)11-2-3-12(21-10-11)19-4-1-5-20-13(18)22-6-8-23-9-7-22;/h2-3,10H,1,4-9H2,(H2,18,20)(H,19,21);1H. The molecule has 24 heavy (non-hydrogen) atoms. The number of nitrogens with two attached hydrogens (primary N) is 1. The van der Waals surface area contributed by atoms with Crippen molar-refractivity contribution < 1.29 is 17.9 Å². The normalized spacial score (nSPS) is 15.8. The molecule has 2 rings (SSSR count). The summed E-state index contributed by atoms with van der Waals surface area (Å²) < 4.78 is 42.4. The molecule has 3 N–H and O–H groups in total. The Hall–Kier alpha value is -1.30. The van der Waals surface area contributed by atoms with Crippen molar-refractivity contribution in [1.29, 1.82) is 0 Å². The van der Waals surface area contributed by atoms with E-state index in [-0.39, 0.29) is 24.0 Å². The van der Waals surface area contributed by atoms with Crippen molar-refractivity contribution >= 4 is 35.8 Å². The van der Waals surface area contributed by atoms with Gasteiger partial charge < -0.3 is 20.7 Å². The molecule has 2 heterocycles. The molecule has 1 fully saturated rings. The van der Waals surface area contributed by atoms with Crippen LogP contribution in [0.4, 0.5) is 19.0 Å². The third kappa shape index (κ3) is 6.67. The van der Waals surface area contributed by atoms with E-state index in [4.69, 9.17) is 10.5 Å². The predicted molar refractivity (Wildman–Crippen MR) is 96.6 cm³/mol. The van der Waals surface area contributed by atoms with Crippen LogP contribution in [0.3, 0.4) is 0 Å². The highest BCUT2D eigenvalue weighted by Crippen LogP contribution is 2.28. The number of nitrogens with zero attached hydrogens (tertiary/aromatic N) is 3. The van der Waals surface area contributed by atoms with Gasteiger partial charge in [0.25, 0.3) is 0 Å². The molecule has 0 atom stereocenters. The summed E-state index contributed by atoms with van der Waals surface area (Å²) in [6, 6.07) is 2.32. The van der Waals surface area contributed by atoms with E-state index in [0.29, 0.717) is 44.5 Å². The number of alkyl halides is 3. The summed E-state index contributed by atoms with van der Waals surface area (Å²) in [5, 5.41) is 2.95. The number of morpholine rings is 1. The molecule has 0 spiro atoms. The summed E-state index contributed by atoms with van der Waals surface area (Å²) in [5.74, 6) is 0.907. The topological polar surface area (TPSA) is 75.8 Å². The molecule has 0 radical (unpaired) electrons. The number of pyridine rings is 1. The highest BCUT2D eigenvalue weighted by Gasteiger charge is 2.30. The molecule has 6 nitrogen and oxygen atoms in total. The Bertz CT molecular complexity index is 518. The highest BCUT2D eigenvalue weighted by atomic mass is 127. The van der Waals surface area contributed by atoms with Crippen molar-refractivity contribution in [3.05, 3.63) is 23.9 Å². The third-order valence-corrected chi connectivity index (χ3v) is 3.34.